The molecule has 0 bridgehead atoms. The van der Waals surface area contributed by atoms with Gasteiger partial charge in [-0.1, -0.05) is 59.7 Å². The van der Waals surface area contributed by atoms with Gasteiger partial charge in [0.1, 0.15) is 6.29 Å². The van der Waals surface area contributed by atoms with Gasteiger partial charge in [0.2, 0.25) is 0 Å². The van der Waals surface area contributed by atoms with E-state index in [-0.39, 0.29) is 0 Å². The first-order valence-electron chi connectivity index (χ1n) is 6.45. The molecule has 0 aromatic heterocycles. The Morgan fingerprint density at radius 3 is 1.95 bits per heavy atom. The van der Waals surface area contributed by atoms with Gasteiger partial charge in [-0.2, -0.15) is 0 Å². The summed E-state index contributed by atoms with van der Waals surface area (Å²) in [6, 6.07) is 16.5. The topological polar surface area (TPSA) is 17.1 Å². The zero-order valence-corrected chi connectivity index (χ0v) is 11.4. The highest BCUT2D eigenvalue weighted by atomic mass is 16.1. The van der Waals surface area contributed by atoms with Crippen molar-refractivity contribution in [1.82, 2.24) is 0 Å². The molecule has 0 spiro atoms. The first kappa shape index (κ1) is 13.3. The fourth-order valence-corrected chi connectivity index (χ4v) is 1.95. The summed E-state index contributed by atoms with van der Waals surface area (Å²) < 4.78 is 0. The van der Waals surface area contributed by atoms with E-state index in [0.717, 1.165) is 23.0 Å². The lowest BCUT2D eigenvalue weighted by Crippen LogP contribution is -1.92. The standard InChI is InChI=1S/C18H18O/c1-14-3-7-16(8-4-14)11-18(13-19)12-17-9-5-15(2)6-10-17/h3-11,13H,12H2,1-2H3/b18-11+. The summed E-state index contributed by atoms with van der Waals surface area (Å²) in [5.41, 5.74) is 5.49. The third-order valence-electron chi connectivity index (χ3n) is 3.11. The summed E-state index contributed by atoms with van der Waals surface area (Å²) in [4.78, 5) is 11.2. The maximum Gasteiger partial charge on any atom is 0.146 e. The number of carbonyl (C=O) groups is 1. The van der Waals surface area contributed by atoms with Crippen LogP contribution in [0.1, 0.15) is 22.3 Å². The van der Waals surface area contributed by atoms with Crippen LogP contribution in [0.25, 0.3) is 6.08 Å². The van der Waals surface area contributed by atoms with Crippen molar-refractivity contribution in [3.05, 3.63) is 76.4 Å². The minimum absolute atomic E-state index is 0.678. The summed E-state index contributed by atoms with van der Waals surface area (Å²) in [5.74, 6) is 0. The van der Waals surface area contributed by atoms with Gasteiger partial charge >= 0.3 is 0 Å². The summed E-state index contributed by atoms with van der Waals surface area (Å²) in [5, 5.41) is 0. The quantitative estimate of drug-likeness (QED) is 0.589. The molecule has 0 aliphatic rings. The van der Waals surface area contributed by atoms with Crippen LogP contribution in [0.3, 0.4) is 0 Å². The summed E-state index contributed by atoms with van der Waals surface area (Å²) in [6.45, 7) is 4.12. The average molecular weight is 250 g/mol. The van der Waals surface area contributed by atoms with Gasteiger partial charge in [-0.25, -0.2) is 0 Å². The number of carbonyl (C=O) groups excluding carboxylic acids is 1. The van der Waals surface area contributed by atoms with Gasteiger partial charge in [0.25, 0.3) is 0 Å². The molecule has 0 radical (unpaired) electrons. The van der Waals surface area contributed by atoms with Crippen LogP contribution in [0, 0.1) is 13.8 Å². The third-order valence-corrected chi connectivity index (χ3v) is 3.11. The van der Waals surface area contributed by atoms with Gasteiger partial charge in [0.15, 0.2) is 0 Å². The molecular weight excluding hydrogens is 232 g/mol. The van der Waals surface area contributed by atoms with Crippen LogP contribution >= 0.6 is 0 Å². The zero-order valence-electron chi connectivity index (χ0n) is 11.4. The minimum atomic E-state index is 0.678. The van der Waals surface area contributed by atoms with Crippen molar-refractivity contribution in [2.45, 2.75) is 20.3 Å². The van der Waals surface area contributed by atoms with Crippen LogP contribution in [-0.4, -0.2) is 6.29 Å². The molecule has 96 valence electrons. The molecule has 0 atom stereocenters. The lowest BCUT2D eigenvalue weighted by molar-refractivity contribution is -0.104. The van der Waals surface area contributed by atoms with E-state index in [9.17, 15) is 4.79 Å². The number of hydrogen-bond donors (Lipinski definition) is 0. The van der Waals surface area contributed by atoms with Crippen LogP contribution in [-0.2, 0) is 11.2 Å². The van der Waals surface area contributed by atoms with Crippen molar-refractivity contribution in [2.24, 2.45) is 0 Å². The molecule has 1 nitrogen and oxygen atoms in total. The van der Waals surface area contributed by atoms with Gasteiger partial charge in [0, 0.05) is 6.42 Å². The van der Waals surface area contributed by atoms with Crippen molar-refractivity contribution < 1.29 is 4.79 Å². The Kier molecular flexibility index (Phi) is 4.30. The fourth-order valence-electron chi connectivity index (χ4n) is 1.95. The summed E-state index contributed by atoms with van der Waals surface area (Å²) in [6.07, 6.45) is 3.57. The number of hydrogen-bond acceptors (Lipinski definition) is 1. The monoisotopic (exact) mass is 250 g/mol. The Bertz CT molecular complexity index is 574. The highest BCUT2D eigenvalue weighted by Crippen LogP contribution is 2.13. The second kappa shape index (κ2) is 6.14. The number of rotatable bonds is 4. The second-order valence-electron chi connectivity index (χ2n) is 4.91. The third kappa shape index (κ3) is 3.92. The maximum absolute atomic E-state index is 11.2. The predicted octanol–water partition coefficient (Wildman–Crippen LogP) is 4.13. The molecule has 2 aromatic rings. The molecule has 0 fully saturated rings. The molecule has 0 N–H and O–H groups in total. The van der Waals surface area contributed by atoms with E-state index in [2.05, 4.69) is 50.2 Å². The molecule has 0 aliphatic heterocycles. The first-order valence-corrected chi connectivity index (χ1v) is 6.45. The first-order chi connectivity index (χ1) is 9.17. The molecule has 2 aromatic carbocycles. The Morgan fingerprint density at radius 1 is 0.895 bits per heavy atom. The molecule has 0 amide bonds. The van der Waals surface area contributed by atoms with Crippen LogP contribution < -0.4 is 0 Å². The number of benzene rings is 2. The number of allylic oxidation sites excluding steroid dienone is 1. The van der Waals surface area contributed by atoms with E-state index in [1.165, 1.54) is 11.1 Å². The van der Waals surface area contributed by atoms with Crippen molar-refractivity contribution in [3.63, 3.8) is 0 Å². The molecule has 0 aliphatic carbocycles. The fraction of sp³-hybridized carbons (Fsp3) is 0.167. The largest absolute Gasteiger partial charge is 0.298 e. The van der Waals surface area contributed by atoms with E-state index >= 15 is 0 Å². The Morgan fingerprint density at radius 2 is 1.42 bits per heavy atom. The predicted molar refractivity (Wildman–Crippen MR) is 80.1 cm³/mol. The molecule has 1 heteroatoms. The van der Waals surface area contributed by atoms with E-state index in [4.69, 9.17) is 0 Å². The van der Waals surface area contributed by atoms with Gasteiger partial charge in [0.05, 0.1) is 0 Å². The van der Waals surface area contributed by atoms with Crippen LogP contribution in [0.15, 0.2) is 54.1 Å². The van der Waals surface area contributed by atoms with Gasteiger partial charge in [-0.05, 0) is 36.6 Å². The number of aldehydes is 1. The van der Waals surface area contributed by atoms with Crippen molar-refractivity contribution in [1.29, 1.82) is 0 Å². The molecule has 0 unspecified atom stereocenters. The van der Waals surface area contributed by atoms with Crippen LogP contribution in [0.4, 0.5) is 0 Å². The number of aryl methyl sites for hydroxylation is 2. The van der Waals surface area contributed by atoms with E-state index < -0.39 is 0 Å². The second-order valence-corrected chi connectivity index (χ2v) is 4.91. The van der Waals surface area contributed by atoms with Gasteiger partial charge in [-0.3, -0.25) is 4.79 Å². The molecule has 0 heterocycles. The zero-order chi connectivity index (χ0) is 13.7. The van der Waals surface area contributed by atoms with Crippen LogP contribution in [0.5, 0.6) is 0 Å². The minimum Gasteiger partial charge on any atom is -0.298 e. The van der Waals surface area contributed by atoms with Crippen molar-refractivity contribution in [3.8, 4) is 0 Å². The molecular formula is C18H18O. The highest BCUT2D eigenvalue weighted by molar-refractivity contribution is 5.82. The normalized spacial score (nSPS) is 11.4. The molecule has 0 saturated heterocycles. The van der Waals surface area contributed by atoms with E-state index in [1.54, 1.807) is 0 Å². The molecule has 2 rings (SSSR count). The average Bonchev–Trinajstić information content (AvgIpc) is 2.43. The van der Waals surface area contributed by atoms with Crippen molar-refractivity contribution in [2.75, 3.05) is 0 Å². The Balaban J connectivity index is 2.17. The maximum atomic E-state index is 11.2. The summed E-state index contributed by atoms with van der Waals surface area (Å²) >= 11 is 0. The van der Waals surface area contributed by atoms with E-state index in [0.29, 0.717) is 6.42 Å². The Labute approximate surface area is 114 Å². The summed E-state index contributed by atoms with van der Waals surface area (Å²) in [7, 11) is 0. The smallest absolute Gasteiger partial charge is 0.146 e. The highest BCUT2D eigenvalue weighted by Gasteiger charge is 1.99. The van der Waals surface area contributed by atoms with Crippen molar-refractivity contribution >= 4 is 12.4 Å². The van der Waals surface area contributed by atoms with Gasteiger partial charge in [-0.15, -0.1) is 0 Å². The van der Waals surface area contributed by atoms with E-state index in [1.807, 2.05) is 18.2 Å². The van der Waals surface area contributed by atoms with Gasteiger partial charge < -0.3 is 0 Å². The van der Waals surface area contributed by atoms with Crippen LogP contribution in [0.2, 0.25) is 0 Å². The molecule has 19 heavy (non-hydrogen) atoms. The lowest BCUT2D eigenvalue weighted by atomic mass is 10.0. The lowest BCUT2D eigenvalue weighted by Gasteiger charge is -2.03. The SMILES string of the molecule is Cc1ccc(/C=C(/C=O)Cc2ccc(C)cc2)cc1. The molecule has 0 saturated carbocycles. The Hall–Kier alpha value is -2.15.